The molecule has 0 aliphatic carbocycles. The Hall–Kier alpha value is -2.73. The minimum Gasteiger partial charge on any atom is -0.368 e. The maximum absolute atomic E-state index is 12.3. The van der Waals surface area contributed by atoms with Gasteiger partial charge in [0.15, 0.2) is 0 Å². The van der Waals surface area contributed by atoms with Gasteiger partial charge in [-0.2, -0.15) is 0 Å². The average Bonchev–Trinajstić information content (AvgIpc) is 3.26. The third-order valence-electron chi connectivity index (χ3n) is 4.25. The van der Waals surface area contributed by atoms with Crippen LogP contribution in [0.2, 0.25) is 0 Å². The molecular weight excluding hydrogens is 304 g/mol. The molecule has 1 aromatic carbocycles. The van der Waals surface area contributed by atoms with Crippen LogP contribution in [0.1, 0.15) is 18.4 Å². The predicted molar refractivity (Wildman–Crippen MR) is 90.8 cm³/mol. The number of carbonyl (C=O) groups is 1. The zero-order valence-electron chi connectivity index (χ0n) is 13.4. The Morgan fingerprint density at radius 2 is 2.33 bits per heavy atom. The minimum absolute atomic E-state index is 0.0792. The van der Waals surface area contributed by atoms with Gasteiger partial charge in [0.1, 0.15) is 6.10 Å². The summed E-state index contributed by atoms with van der Waals surface area (Å²) in [7, 11) is 0. The number of ether oxygens (including phenoxy) is 1. The third-order valence-corrected chi connectivity index (χ3v) is 4.25. The Balaban J connectivity index is 1.64. The molecule has 0 spiro atoms. The molecule has 6 nitrogen and oxygen atoms in total. The van der Waals surface area contributed by atoms with E-state index < -0.39 is 0 Å². The summed E-state index contributed by atoms with van der Waals surface area (Å²) in [4.78, 5) is 21.0. The molecule has 24 heavy (non-hydrogen) atoms. The lowest BCUT2D eigenvalue weighted by molar-refractivity contribution is -0.124. The van der Waals surface area contributed by atoms with Gasteiger partial charge in [-0.1, -0.05) is 12.1 Å². The van der Waals surface area contributed by atoms with E-state index in [0.717, 1.165) is 35.3 Å². The molecular formula is C18H18N4O2. The fourth-order valence-electron chi connectivity index (χ4n) is 2.88. The third kappa shape index (κ3) is 2.76. The van der Waals surface area contributed by atoms with Crippen LogP contribution in [0.3, 0.4) is 0 Å². The van der Waals surface area contributed by atoms with Gasteiger partial charge in [-0.3, -0.25) is 9.20 Å². The Labute approximate surface area is 139 Å². The van der Waals surface area contributed by atoms with E-state index in [1.54, 1.807) is 6.20 Å². The molecule has 1 N–H and O–H groups in total. The van der Waals surface area contributed by atoms with Crippen molar-refractivity contribution in [3.05, 3.63) is 48.4 Å². The molecule has 1 unspecified atom stereocenters. The van der Waals surface area contributed by atoms with Gasteiger partial charge in [-0.25, -0.2) is 9.97 Å². The molecule has 0 bridgehead atoms. The van der Waals surface area contributed by atoms with Crippen molar-refractivity contribution in [1.82, 2.24) is 14.4 Å². The van der Waals surface area contributed by atoms with E-state index >= 15 is 0 Å². The van der Waals surface area contributed by atoms with Crippen LogP contribution in [0.25, 0.3) is 17.0 Å². The maximum Gasteiger partial charge on any atom is 0.253 e. The highest BCUT2D eigenvalue weighted by atomic mass is 16.5. The van der Waals surface area contributed by atoms with Crippen molar-refractivity contribution < 1.29 is 9.53 Å². The summed E-state index contributed by atoms with van der Waals surface area (Å²) in [5.74, 6) is 0.572. The largest absolute Gasteiger partial charge is 0.368 e. The van der Waals surface area contributed by atoms with Crippen molar-refractivity contribution in [2.75, 3.05) is 11.9 Å². The van der Waals surface area contributed by atoms with Gasteiger partial charge in [-0.15, -0.1) is 0 Å². The molecule has 1 saturated heterocycles. The van der Waals surface area contributed by atoms with Crippen molar-refractivity contribution in [3.8, 4) is 11.3 Å². The molecule has 1 aliphatic rings. The molecule has 2 aromatic heterocycles. The normalized spacial score (nSPS) is 17.3. The number of imidazole rings is 1. The second kappa shape index (κ2) is 6.05. The summed E-state index contributed by atoms with van der Waals surface area (Å²) >= 11 is 0. The van der Waals surface area contributed by atoms with Gasteiger partial charge in [0.25, 0.3) is 5.91 Å². The van der Waals surface area contributed by atoms with E-state index in [0.29, 0.717) is 12.4 Å². The van der Waals surface area contributed by atoms with Gasteiger partial charge >= 0.3 is 0 Å². The fraction of sp³-hybridized carbons (Fsp3) is 0.278. The number of benzene rings is 1. The van der Waals surface area contributed by atoms with E-state index in [9.17, 15) is 4.79 Å². The van der Waals surface area contributed by atoms with Crippen LogP contribution in [0.15, 0.2) is 42.9 Å². The average molecular weight is 322 g/mol. The number of nitrogens with one attached hydrogen (secondary N) is 1. The first-order valence-corrected chi connectivity index (χ1v) is 8.04. The summed E-state index contributed by atoms with van der Waals surface area (Å²) in [5.41, 5.74) is 3.56. The van der Waals surface area contributed by atoms with Gasteiger partial charge < -0.3 is 10.1 Å². The zero-order chi connectivity index (χ0) is 16.5. The molecule has 0 saturated carbocycles. The predicted octanol–water partition coefficient (Wildman–Crippen LogP) is 2.82. The molecule has 1 amide bonds. The summed E-state index contributed by atoms with van der Waals surface area (Å²) in [6, 6.07) is 7.79. The SMILES string of the molecule is Cc1ccc(-c2cn3cccnc3n2)cc1NC(=O)C1CCCO1. The summed E-state index contributed by atoms with van der Waals surface area (Å²) in [6.07, 6.45) is 6.93. The van der Waals surface area contributed by atoms with Crippen molar-refractivity contribution in [1.29, 1.82) is 0 Å². The van der Waals surface area contributed by atoms with E-state index in [2.05, 4.69) is 15.3 Å². The van der Waals surface area contributed by atoms with Gasteiger partial charge in [0.05, 0.1) is 5.69 Å². The molecule has 1 fully saturated rings. The van der Waals surface area contributed by atoms with Crippen molar-refractivity contribution in [2.45, 2.75) is 25.9 Å². The van der Waals surface area contributed by atoms with Gasteiger partial charge in [0, 0.05) is 36.4 Å². The molecule has 3 heterocycles. The van der Waals surface area contributed by atoms with Crippen LogP contribution >= 0.6 is 0 Å². The lowest BCUT2D eigenvalue weighted by atomic mass is 10.1. The van der Waals surface area contributed by atoms with E-state index in [-0.39, 0.29) is 12.0 Å². The van der Waals surface area contributed by atoms with E-state index in [1.807, 2.05) is 48.0 Å². The number of hydrogen-bond donors (Lipinski definition) is 1. The van der Waals surface area contributed by atoms with Gasteiger partial charge in [0.2, 0.25) is 5.78 Å². The lowest BCUT2D eigenvalue weighted by Gasteiger charge is -2.13. The highest BCUT2D eigenvalue weighted by molar-refractivity contribution is 5.95. The van der Waals surface area contributed by atoms with Crippen molar-refractivity contribution in [2.24, 2.45) is 0 Å². The maximum atomic E-state index is 12.3. The number of aryl methyl sites for hydroxylation is 1. The Morgan fingerprint density at radius 1 is 1.42 bits per heavy atom. The topological polar surface area (TPSA) is 68.5 Å². The number of rotatable bonds is 3. The quantitative estimate of drug-likeness (QED) is 0.805. The number of nitrogens with zero attached hydrogens (tertiary/aromatic N) is 3. The fourth-order valence-corrected chi connectivity index (χ4v) is 2.88. The highest BCUT2D eigenvalue weighted by Crippen LogP contribution is 2.26. The van der Waals surface area contributed by atoms with Crippen LogP contribution in [0.4, 0.5) is 5.69 Å². The number of anilines is 1. The number of carbonyl (C=O) groups excluding carboxylic acids is 1. The zero-order valence-corrected chi connectivity index (χ0v) is 13.4. The van der Waals surface area contributed by atoms with Crippen molar-refractivity contribution >= 4 is 17.4 Å². The summed E-state index contributed by atoms with van der Waals surface area (Å²) in [5, 5.41) is 2.98. The standard InChI is InChI=1S/C18H18N4O2/c1-12-5-6-13(15-11-22-8-3-7-19-18(22)21-15)10-14(12)20-17(23)16-4-2-9-24-16/h3,5-8,10-11,16H,2,4,9H2,1H3,(H,20,23). The van der Waals surface area contributed by atoms with Crippen LogP contribution in [-0.2, 0) is 9.53 Å². The minimum atomic E-state index is -0.340. The monoisotopic (exact) mass is 322 g/mol. The van der Waals surface area contributed by atoms with Crippen molar-refractivity contribution in [3.63, 3.8) is 0 Å². The van der Waals surface area contributed by atoms with Crippen LogP contribution in [-0.4, -0.2) is 33.0 Å². The molecule has 1 aliphatic heterocycles. The molecule has 1 atom stereocenters. The van der Waals surface area contributed by atoms with Crippen LogP contribution in [0.5, 0.6) is 0 Å². The number of amides is 1. The lowest BCUT2D eigenvalue weighted by Crippen LogP contribution is -2.27. The molecule has 3 aromatic rings. The van der Waals surface area contributed by atoms with Crippen LogP contribution in [0, 0.1) is 6.92 Å². The number of hydrogen-bond acceptors (Lipinski definition) is 4. The number of fused-ring (bicyclic) bond motifs is 1. The van der Waals surface area contributed by atoms with E-state index in [1.165, 1.54) is 0 Å². The van der Waals surface area contributed by atoms with Crippen LogP contribution < -0.4 is 5.32 Å². The molecule has 6 heteroatoms. The Morgan fingerprint density at radius 3 is 3.12 bits per heavy atom. The Bertz CT molecular complexity index is 864. The first kappa shape index (κ1) is 14.8. The highest BCUT2D eigenvalue weighted by Gasteiger charge is 2.24. The van der Waals surface area contributed by atoms with Gasteiger partial charge in [-0.05, 0) is 37.5 Å². The Kier molecular flexibility index (Phi) is 3.74. The first-order valence-electron chi connectivity index (χ1n) is 8.04. The summed E-state index contributed by atoms with van der Waals surface area (Å²) in [6.45, 7) is 2.63. The second-order valence-corrected chi connectivity index (χ2v) is 5.97. The number of aromatic nitrogens is 3. The molecule has 122 valence electrons. The first-order chi connectivity index (χ1) is 11.7. The molecule has 0 radical (unpaired) electrons. The second-order valence-electron chi connectivity index (χ2n) is 5.97. The summed E-state index contributed by atoms with van der Waals surface area (Å²) < 4.78 is 7.32. The van der Waals surface area contributed by atoms with E-state index in [4.69, 9.17) is 4.74 Å². The smallest absolute Gasteiger partial charge is 0.253 e. The molecule has 4 rings (SSSR count).